The van der Waals surface area contributed by atoms with E-state index in [9.17, 15) is 4.39 Å². The predicted octanol–water partition coefficient (Wildman–Crippen LogP) is 4.40. The third-order valence-corrected chi connectivity index (χ3v) is 3.69. The molecule has 0 saturated heterocycles. The molecule has 0 aliphatic carbocycles. The Morgan fingerprint density at radius 1 is 1.11 bits per heavy atom. The molecule has 0 aromatic heterocycles. The van der Waals surface area contributed by atoms with Gasteiger partial charge in [0.05, 0.1) is 6.04 Å². The fraction of sp³-hybridized carbons (Fsp3) is 0.250. The van der Waals surface area contributed by atoms with Crippen LogP contribution in [0.1, 0.15) is 28.3 Å². The van der Waals surface area contributed by atoms with Crippen molar-refractivity contribution in [3.05, 3.63) is 69.5 Å². The lowest BCUT2D eigenvalue weighted by Crippen LogP contribution is -2.19. The molecule has 0 amide bonds. The summed E-state index contributed by atoms with van der Waals surface area (Å²) in [5, 5.41) is 3.89. The molecule has 2 rings (SSSR count). The van der Waals surface area contributed by atoms with Gasteiger partial charge in [0.1, 0.15) is 5.82 Å². The first-order chi connectivity index (χ1) is 9.02. The van der Waals surface area contributed by atoms with Gasteiger partial charge in [0.25, 0.3) is 0 Å². The van der Waals surface area contributed by atoms with E-state index in [1.165, 1.54) is 6.07 Å². The molecule has 1 nitrogen and oxygen atoms in total. The van der Waals surface area contributed by atoms with Crippen LogP contribution in [0, 0.1) is 19.7 Å². The van der Waals surface area contributed by atoms with Crippen LogP contribution in [0.5, 0.6) is 0 Å². The molecule has 2 aromatic carbocycles. The zero-order valence-electron chi connectivity index (χ0n) is 11.3. The van der Waals surface area contributed by atoms with Gasteiger partial charge in [-0.2, -0.15) is 0 Å². The molecule has 0 fully saturated rings. The highest BCUT2D eigenvalue weighted by molar-refractivity contribution is 6.31. The van der Waals surface area contributed by atoms with Crippen LogP contribution in [0.25, 0.3) is 0 Å². The minimum atomic E-state index is -0.197. The SMILES string of the molecule is CNC(c1ccc(Cl)c(C)c1)c1cc(C)ccc1F. The van der Waals surface area contributed by atoms with E-state index in [0.29, 0.717) is 5.56 Å². The smallest absolute Gasteiger partial charge is 0.128 e. The van der Waals surface area contributed by atoms with E-state index in [-0.39, 0.29) is 11.9 Å². The summed E-state index contributed by atoms with van der Waals surface area (Å²) in [6.45, 7) is 3.91. The number of aryl methyl sites for hydroxylation is 2. The fourth-order valence-corrected chi connectivity index (χ4v) is 2.35. The van der Waals surface area contributed by atoms with Crippen LogP contribution in [0.2, 0.25) is 5.02 Å². The van der Waals surface area contributed by atoms with Gasteiger partial charge in [-0.25, -0.2) is 4.39 Å². The summed E-state index contributed by atoms with van der Waals surface area (Å²) in [6.07, 6.45) is 0. The van der Waals surface area contributed by atoms with E-state index < -0.39 is 0 Å². The second kappa shape index (κ2) is 5.72. The average Bonchev–Trinajstić information content (AvgIpc) is 2.38. The Morgan fingerprint density at radius 2 is 1.84 bits per heavy atom. The summed E-state index contributed by atoms with van der Waals surface area (Å²) in [7, 11) is 1.83. The van der Waals surface area contributed by atoms with Gasteiger partial charge < -0.3 is 5.32 Å². The van der Waals surface area contributed by atoms with E-state index in [4.69, 9.17) is 11.6 Å². The Morgan fingerprint density at radius 3 is 2.47 bits per heavy atom. The first-order valence-corrected chi connectivity index (χ1v) is 6.60. The second-order valence-corrected chi connectivity index (χ2v) is 5.16. The zero-order valence-corrected chi connectivity index (χ0v) is 12.1. The lowest BCUT2D eigenvalue weighted by Gasteiger charge is -2.19. The molecule has 0 radical (unpaired) electrons. The number of nitrogens with one attached hydrogen (secondary N) is 1. The number of rotatable bonds is 3. The average molecular weight is 278 g/mol. The first-order valence-electron chi connectivity index (χ1n) is 6.22. The van der Waals surface area contributed by atoms with Gasteiger partial charge in [0.2, 0.25) is 0 Å². The largest absolute Gasteiger partial charge is 0.309 e. The quantitative estimate of drug-likeness (QED) is 0.876. The van der Waals surface area contributed by atoms with Crippen LogP contribution >= 0.6 is 11.6 Å². The highest BCUT2D eigenvalue weighted by atomic mass is 35.5. The van der Waals surface area contributed by atoms with Crippen molar-refractivity contribution in [3.8, 4) is 0 Å². The Labute approximate surface area is 118 Å². The van der Waals surface area contributed by atoms with Crippen LogP contribution in [-0.4, -0.2) is 7.05 Å². The molecule has 100 valence electrons. The number of hydrogen-bond acceptors (Lipinski definition) is 1. The Kier molecular flexibility index (Phi) is 4.23. The molecule has 1 unspecified atom stereocenters. The van der Waals surface area contributed by atoms with Crippen molar-refractivity contribution < 1.29 is 4.39 Å². The zero-order chi connectivity index (χ0) is 14.0. The van der Waals surface area contributed by atoms with Crippen molar-refractivity contribution >= 4 is 11.6 Å². The molecular formula is C16H17ClFN. The predicted molar refractivity (Wildman–Crippen MR) is 78.2 cm³/mol. The van der Waals surface area contributed by atoms with Crippen LogP contribution in [-0.2, 0) is 0 Å². The lowest BCUT2D eigenvalue weighted by molar-refractivity contribution is 0.575. The third-order valence-electron chi connectivity index (χ3n) is 3.27. The maximum Gasteiger partial charge on any atom is 0.128 e. The second-order valence-electron chi connectivity index (χ2n) is 4.76. The van der Waals surface area contributed by atoms with E-state index in [2.05, 4.69) is 5.32 Å². The maximum absolute atomic E-state index is 14.0. The van der Waals surface area contributed by atoms with E-state index in [0.717, 1.165) is 21.7 Å². The van der Waals surface area contributed by atoms with Crippen molar-refractivity contribution in [3.63, 3.8) is 0 Å². The normalized spacial score (nSPS) is 12.5. The molecule has 0 saturated carbocycles. The number of halogens is 2. The van der Waals surface area contributed by atoms with Gasteiger partial charge >= 0.3 is 0 Å². The van der Waals surface area contributed by atoms with Crippen molar-refractivity contribution in [2.45, 2.75) is 19.9 Å². The van der Waals surface area contributed by atoms with Crippen molar-refractivity contribution in [2.75, 3.05) is 7.05 Å². The Hall–Kier alpha value is -1.38. The van der Waals surface area contributed by atoms with Gasteiger partial charge in [-0.3, -0.25) is 0 Å². The van der Waals surface area contributed by atoms with Crippen molar-refractivity contribution in [1.82, 2.24) is 5.32 Å². The Bertz CT molecular complexity index is 595. The molecule has 19 heavy (non-hydrogen) atoms. The molecule has 1 atom stereocenters. The molecule has 0 aliphatic heterocycles. The summed E-state index contributed by atoms with van der Waals surface area (Å²) < 4.78 is 14.0. The molecule has 1 N–H and O–H groups in total. The first kappa shape index (κ1) is 14.0. The molecule has 2 aromatic rings. The van der Waals surface area contributed by atoms with Gasteiger partial charge in [-0.15, -0.1) is 0 Å². The van der Waals surface area contributed by atoms with Crippen LogP contribution in [0.3, 0.4) is 0 Å². The molecule has 3 heteroatoms. The number of hydrogen-bond donors (Lipinski definition) is 1. The van der Waals surface area contributed by atoms with E-state index >= 15 is 0 Å². The van der Waals surface area contributed by atoms with Crippen molar-refractivity contribution in [2.24, 2.45) is 0 Å². The van der Waals surface area contributed by atoms with Gasteiger partial charge in [-0.1, -0.05) is 41.4 Å². The number of benzene rings is 2. The highest BCUT2D eigenvalue weighted by Crippen LogP contribution is 2.27. The maximum atomic E-state index is 14.0. The summed E-state index contributed by atoms with van der Waals surface area (Å²) in [5.41, 5.74) is 3.70. The van der Waals surface area contributed by atoms with Crippen LogP contribution in [0.15, 0.2) is 36.4 Å². The lowest BCUT2D eigenvalue weighted by atomic mass is 9.96. The highest BCUT2D eigenvalue weighted by Gasteiger charge is 2.16. The Balaban J connectivity index is 2.49. The van der Waals surface area contributed by atoms with Crippen molar-refractivity contribution in [1.29, 1.82) is 0 Å². The van der Waals surface area contributed by atoms with Crippen LogP contribution in [0.4, 0.5) is 4.39 Å². The van der Waals surface area contributed by atoms with Gasteiger partial charge in [0.15, 0.2) is 0 Å². The van der Waals surface area contributed by atoms with E-state index in [1.807, 2.05) is 45.2 Å². The standard InChI is InChI=1S/C16H17ClFN/c1-10-4-7-15(18)13(8-10)16(19-3)12-5-6-14(17)11(2)9-12/h4-9,16,19H,1-3H3. The summed E-state index contributed by atoms with van der Waals surface area (Å²) in [6, 6.07) is 10.8. The van der Waals surface area contributed by atoms with Crippen LogP contribution < -0.4 is 5.32 Å². The molecular weight excluding hydrogens is 261 g/mol. The summed E-state index contributed by atoms with van der Waals surface area (Å²) >= 11 is 6.04. The minimum absolute atomic E-state index is 0.170. The van der Waals surface area contributed by atoms with Gasteiger partial charge in [0, 0.05) is 10.6 Å². The molecule has 0 aliphatic rings. The summed E-state index contributed by atoms with van der Waals surface area (Å²) in [4.78, 5) is 0. The van der Waals surface area contributed by atoms with Gasteiger partial charge in [-0.05, 0) is 44.2 Å². The molecule has 0 spiro atoms. The topological polar surface area (TPSA) is 12.0 Å². The molecule has 0 bridgehead atoms. The summed E-state index contributed by atoms with van der Waals surface area (Å²) in [5.74, 6) is -0.197. The third kappa shape index (κ3) is 2.96. The monoisotopic (exact) mass is 277 g/mol. The minimum Gasteiger partial charge on any atom is -0.309 e. The molecule has 0 heterocycles. The van der Waals surface area contributed by atoms with E-state index in [1.54, 1.807) is 6.07 Å². The fourth-order valence-electron chi connectivity index (χ4n) is 2.23.